The molecule has 0 aromatic rings. The third-order valence-corrected chi connectivity index (χ3v) is 8.75. The van der Waals surface area contributed by atoms with E-state index < -0.39 is 0 Å². The fourth-order valence-electron chi connectivity index (χ4n) is 8.13. The van der Waals surface area contributed by atoms with Crippen molar-refractivity contribution in [3.63, 3.8) is 0 Å². The van der Waals surface area contributed by atoms with E-state index in [1.165, 1.54) is 57.8 Å². The van der Waals surface area contributed by atoms with Crippen LogP contribution < -0.4 is 16.0 Å². The van der Waals surface area contributed by atoms with E-state index in [1.807, 2.05) is 0 Å². The van der Waals surface area contributed by atoms with Crippen LogP contribution in [0.5, 0.6) is 0 Å². The maximum Gasteiger partial charge on any atom is 0.246 e. The van der Waals surface area contributed by atoms with E-state index in [9.17, 15) is 4.79 Å². The Morgan fingerprint density at radius 2 is 1.30 bits per heavy atom. The first-order chi connectivity index (χ1) is 17.0. The Bertz CT molecular complexity index is 704. The zero-order valence-corrected chi connectivity index (χ0v) is 26.2. The van der Waals surface area contributed by atoms with Crippen molar-refractivity contribution in [2.45, 2.75) is 168 Å². The minimum Gasteiger partial charge on any atom is -0.352 e. The Morgan fingerprint density at radius 3 is 1.84 bits per heavy atom. The monoisotopic (exact) mass is 517 g/mol. The molecule has 2 aliphatic rings. The van der Waals surface area contributed by atoms with Gasteiger partial charge in [0.1, 0.15) is 0 Å². The van der Waals surface area contributed by atoms with Crippen molar-refractivity contribution in [3.8, 4) is 0 Å². The summed E-state index contributed by atoms with van der Waals surface area (Å²) in [5, 5.41) is 10.8. The Kier molecular flexibility index (Phi) is 11.8. The van der Waals surface area contributed by atoms with Gasteiger partial charge in [-0.15, -0.1) is 0 Å². The quantitative estimate of drug-likeness (QED) is 0.162. The summed E-state index contributed by atoms with van der Waals surface area (Å²) in [6.07, 6.45) is 15.6. The second-order valence-electron chi connectivity index (χ2n) is 15.3. The summed E-state index contributed by atoms with van der Waals surface area (Å²) >= 11 is 0. The summed E-state index contributed by atoms with van der Waals surface area (Å²) in [5.74, 6) is 1.70. The molecule has 2 fully saturated rings. The van der Waals surface area contributed by atoms with Crippen LogP contribution in [-0.2, 0) is 4.79 Å². The van der Waals surface area contributed by atoms with Gasteiger partial charge >= 0.3 is 0 Å². The van der Waals surface area contributed by atoms with Crippen molar-refractivity contribution in [2.24, 2.45) is 17.8 Å². The summed E-state index contributed by atoms with van der Waals surface area (Å²) in [6, 6.07) is 0. The zero-order chi connectivity index (χ0) is 27.9. The van der Waals surface area contributed by atoms with Gasteiger partial charge in [0.2, 0.25) is 5.91 Å². The van der Waals surface area contributed by atoms with Gasteiger partial charge in [-0.2, -0.15) is 0 Å². The fourth-order valence-corrected chi connectivity index (χ4v) is 8.13. The average molecular weight is 518 g/mol. The van der Waals surface area contributed by atoms with Crippen molar-refractivity contribution >= 4 is 5.91 Å². The van der Waals surface area contributed by atoms with Gasteiger partial charge in [0.15, 0.2) is 0 Å². The van der Waals surface area contributed by atoms with Crippen molar-refractivity contribution < 1.29 is 4.79 Å². The van der Waals surface area contributed by atoms with Crippen LogP contribution in [0.3, 0.4) is 0 Å². The predicted octanol–water partition coefficient (Wildman–Crippen LogP) is 7.92. The first-order valence-electron chi connectivity index (χ1n) is 15.6. The second kappa shape index (κ2) is 13.5. The van der Waals surface area contributed by atoms with Crippen LogP contribution in [0.25, 0.3) is 0 Å². The van der Waals surface area contributed by atoms with Crippen LogP contribution >= 0.6 is 0 Å². The summed E-state index contributed by atoms with van der Waals surface area (Å²) in [4.78, 5) is 13.2. The molecule has 3 N–H and O–H groups in total. The standard InChI is InChI=1S/C33H63N3O/c1-11-12-15-19-28(27-23-32(7,8)36-33(9,10)24-27)25(2)29(37)34-20-17-14-13-16-18-26-21-30(3,4)35-31(5,6)22-26/h26-28,35-36H,2,11-24H2,1,3-10H3,(H,34,37). The molecule has 4 heteroatoms. The van der Waals surface area contributed by atoms with Crippen LogP contribution in [0.1, 0.15) is 146 Å². The van der Waals surface area contributed by atoms with Gasteiger partial charge in [-0.1, -0.05) is 58.4 Å². The van der Waals surface area contributed by atoms with Crippen molar-refractivity contribution in [3.05, 3.63) is 12.2 Å². The highest BCUT2D eigenvalue weighted by Gasteiger charge is 2.42. The summed E-state index contributed by atoms with van der Waals surface area (Å²) in [6.45, 7) is 26.0. The number of carbonyl (C=O) groups excluding carboxylic acids is 1. The Balaban J connectivity index is 1.77. The maximum atomic E-state index is 13.2. The molecule has 0 aromatic carbocycles. The molecule has 2 rings (SSSR count). The van der Waals surface area contributed by atoms with E-state index in [1.54, 1.807) is 0 Å². The molecule has 1 amide bonds. The summed E-state index contributed by atoms with van der Waals surface area (Å²) in [7, 11) is 0. The molecule has 2 aliphatic heterocycles. The van der Waals surface area contributed by atoms with E-state index in [4.69, 9.17) is 0 Å². The zero-order valence-electron chi connectivity index (χ0n) is 26.2. The molecule has 1 atom stereocenters. The Hall–Kier alpha value is -0.870. The smallest absolute Gasteiger partial charge is 0.246 e. The number of unbranched alkanes of at least 4 members (excludes halogenated alkanes) is 5. The van der Waals surface area contributed by atoms with Gasteiger partial charge in [-0.3, -0.25) is 4.79 Å². The SMILES string of the molecule is C=C(C(=O)NCCCCCCC1CC(C)(C)NC(C)(C)C1)C(CCCCC)C1CC(C)(C)NC(C)(C)C1. The van der Waals surface area contributed by atoms with Crippen LogP contribution in [0.15, 0.2) is 12.2 Å². The predicted molar refractivity (Wildman–Crippen MR) is 161 cm³/mol. The Labute approximate surface area is 231 Å². The molecule has 1 unspecified atom stereocenters. The topological polar surface area (TPSA) is 53.2 Å². The van der Waals surface area contributed by atoms with Crippen LogP contribution in [0.2, 0.25) is 0 Å². The highest BCUT2D eigenvalue weighted by Crippen LogP contribution is 2.41. The highest BCUT2D eigenvalue weighted by molar-refractivity contribution is 5.93. The van der Waals surface area contributed by atoms with Crippen molar-refractivity contribution in [2.75, 3.05) is 6.54 Å². The molecule has 216 valence electrons. The normalized spacial score (nSPS) is 23.9. The molecule has 0 radical (unpaired) electrons. The van der Waals surface area contributed by atoms with E-state index >= 15 is 0 Å². The number of nitrogens with one attached hydrogen (secondary N) is 3. The number of hydrogen-bond acceptors (Lipinski definition) is 3. The van der Waals surface area contributed by atoms with E-state index in [0.29, 0.717) is 5.92 Å². The number of hydrogen-bond donors (Lipinski definition) is 3. The van der Waals surface area contributed by atoms with E-state index in [2.05, 4.69) is 84.8 Å². The molecule has 4 nitrogen and oxygen atoms in total. The minimum absolute atomic E-state index is 0.0891. The number of carbonyl (C=O) groups is 1. The molecular weight excluding hydrogens is 454 g/mol. The highest BCUT2D eigenvalue weighted by atomic mass is 16.1. The summed E-state index contributed by atoms with van der Waals surface area (Å²) in [5.41, 5.74) is 1.49. The third-order valence-electron chi connectivity index (χ3n) is 8.75. The molecule has 0 bridgehead atoms. The molecular formula is C33H63N3O. The Morgan fingerprint density at radius 1 is 0.784 bits per heavy atom. The lowest BCUT2D eigenvalue weighted by molar-refractivity contribution is -0.118. The van der Waals surface area contributed by atoms with Crippen LogP contribution in [0.4, 0.5) is 0 Å². The van der Waals surface area contributed by atoms with Gasteiger partial charge in [0.05, 0.1) is 0 Å². The lowest BCUT2D eigenvalue weighted by Crippen LogP contribution is -2.59. The molecule has 0 aromatic heterocycles. The number of amides is 1. The van der Waals surface area contributed by atoms with Gasteiger partial charge in [0, 0.05) is 34.3 Å². The van der Waals surface area contributed by atoms with Crippen molar-refractivity contribution in [1.82, 2.24) is 16.0 Å². The number of rotatable bonds is 14. The van der Waals surface area contributed by atoms with Gasteiger partial charge < -0.3 is 16.0 Å². The summed E-state index contributed by atoms with van der Waals surface area (Å²) < 4.78 is 0. The van der Waals surface area contributed by atoms with Crippen LogP contribution in [0, 0.1) is 17.8 Å². The first-order valence-corrected chi connectivity index (χ1v) is 15.6. The molecule has 0 spiro atoms. The maximum absolute atomic E-state index is 13.2. The fraction of sp³-hybridized carbons (Fsp3) is 0.909. The third kappa shape index (κ3) is 11.4. The molecule has 2 heterocycles. The lowest BCUT2D eigenvalue weighted by Gasteiger charge is -2.49. The lowest BCUT2D eigenvalue weighted by atomic mass is 9.68. The van der Waals surface area contributed by atoms with Crippen molar-refractivity contribution in [1.29, 1.82) is 0 Å². The van der Waals surface area contributed by atoms with E-state index in [0.717, 1.165) is 43.7 Å². The largest absolute Gasteiger partial charge is 0.352 e. The van der Waals surface area contributed by atoms with Crippen LogP contribution in [-0.4, -0.2) is 34.6 Å². The average Bonchev–Trinajstić information content (AvgIpc) is 2.71. The van der Waals surface area contributed by atoms with Gasteiger partial charge in [-0.25, -0.2) is 0 Å². The molecule has 0 aliphatic carbocycles. The van der Waals surface area contributed by atoms with E-state index in [-0.39, 0.29) is 34.0 Å². The molecule has 0 saturated carbocycles. The minimum atomic E-state index is 0.0891. The molecule has 37 heavy (non-hydrogen) atoms. The first kappa shape index (κ1) is 32.3. The number of piperidine rings is 2. The molecule has 2 saturated heterocycles. The van der Waals surface area contributed by atoms with Gasteiger partial charge in [-0.05, 0) is 112 Å². The second-order valence-corrected chi connectivity index (χ2v) is 15.3. The van der Waals surface area contributed by atoms with Gasteiger partial charge in [0.25, 0.3) is 0 Å².